The van der Waals surface area contributed by atoms with E-state index < -0.39 is 0 Å². The molecule has 10 heavy (non-hydrogen) atoms. The SMILES string of the molecule is CCc1nc(Br)ccc1F. The molecule has 0 aliphatic heterocycles. The standard InChI is InChI=1S/C7H7BrFN/c1-2-6-5(9)3-4-7(8)10-6/h3-4H,2H2,1H3. The van der Waals surface area contributed by atoms with Gasteiger partial charge in [0.1, 0.15) is 10.4 Å². The van der Waals surface area contributed by atoms with E-state index in [1.807, 2.05) is 6.92 Å². The first kappa shape index (κ1) is 7.66. The highest BCUT2D eigenvalue weighted by molar-refractivity contribution is 9.10. The Morgan fingerprint density at radius 3 is 2.80 bits per heavy atom. The summed E-state index contributed by atoms with van der Waals surface area (Å²) in [6.07, 6.45) is 0.630. The minimum atomic E-state index is -0.231. The van der Waals surface area contributed by atoms with Gasteiger partial charge in [-0.05, 0) is 34.5 Å². The lowest BCUT2D eigenvalue weighted by molar-refractivity contribution is 0.600. The van der Waals surface area contributed by atoms with E-state index in [0.717, 1.165) is 0 Å². The van der Waals surface area contributed by atoms with Crippen LogP contribution in [-0.4, -0.2) is 4.98 Å². The molecule has 1 rings (SSSR count). The summed E-state index contributed by atoms with van der Waals surface area (Å²) >= 11 is 3.16. The molecule has 54 valence electrons. The molecule has 0 atom stereocenters. The number of aryl methyl sites for hydroxylation is 1. The van der Waals surface area contributed by atoms with Crippen molar-refractivity contribution in [3.8, 4) is 0 Å². The molecule has 0 bridgehead atoms. The molecule has 1 aromatic rings. The van der Waals surface area contributed by atoms with Gasteiger partial charge in [-0.2, -0.15) is 0 Å². The first-order valence-corrected chi connectivity index (χ1v) is 3.84. The molecule has 0 aliphatic rings. The van der Waals surface area contributed by atoms with Gasteiger partial charge in [-0.15, -0.1) is 0 Å². The monoisotopic (exact) mass is 203 g/mol. The zero-order valence-electron chi connectivity index (χ0n) is 5.56. The molecule has 0 radical (unpaired) electrons. The van der Waals surface area contributed by atoms with Crippen LogP contribution in [0.2, 0.25) is 0 Å². The molecule has 0 spiro atoms. The Morgan fingerprint density at radius 2 is 2.30 bits per heavy atom. The molecule has 1 heterocycles. The van der Waals surface area contributed by atoms with Crippen molar-refractivity contribution >= 4 is 15.9 Å². The van der Waals surface area contributed by atoms with Gasteiger partial charge < -0.3 is 0 Å². The maximum absolute atomic E-state index is 12.7. The summed E-state index contributed by atoms with van der Waals surface area (Å²) in [6.45, 7) is 1.87. The van der Waals surface area contributed by atoms with E-state index in [-0.39, 0.29) is 5.82 Å². The number of rotatable bonds is 1. The lowest BCUT2D eigenvalue weighted by atomic mass is 10.3. The molecule has 0 saturated heterocycles. The van der Waals surface area contributed by atoms with Gasteiger partial charge in [-0.25, -0.2) is 9.37 Å². The number of aromatic nitrogens is 1. The lowest BCUT2D eigenvalue weighted by Crippen LogP contribution is -1.91. The van der Waals surface area contributed by atoms with Crippen molar-refractivity contribution in [3.63, 3.8) is 0 Å². The molecular weight excluding hydrogens is 197 g/mol. The van der Waals surface area contributed by atoms with Crippen LogP contribution in [0.4, 0.5) is 4.39 Å². The Morgan fingerprint density at radius 1 is 1.60 bits per heavy atom. The molecule has 0 aromatic carbocycles. The van der Waals surface area contributed by atoms with Gasteiger partial charge in [-0.3, -0.25) is 0 Å². The smallest absolute Gasteiger partial charge is 0.144 e. The summed E-state index contributed by atoms with van der Waals surface area (Å²) < 4.78 is 13.4. The quantitative estimate of drug-likeness (QED) is 0.640. The first-order chi connectivity index (χ1) is 4.74. The Balaban J connectivity index is 3.09. The molecule has 0 unspecified atom stereocenters. The van der Waals surface area contributed by atoms with Crippen LogP contribution >= 0.6 is 15.9 Å². The van der Waals surface area contributed by atoms with Crippen LogP contribution in [0.15, 0.2) is 16.7 Å². The summed E-state index contributed by atoms with van der Waals surface area (Å²) in [5.74, 6) is -0.231. The average Bonchev–Trinajstić information content (AvgIpc) is 1.94. The minimum absolute atomic E-state index is 0.231. The van der Waals surface area contributed by atoms with Crippen LogP contribution < -0.4 is 0 Å². The number of hydrogen-bond donors (Lipinski definition) is 0. The van der Waals surface area contributed by atoms with Gasteiger partial charge in [0, 0.05) is 0 Å². The molecule has 1 aromatic heterocycles. The average molecular weight is 204 g/mol. The van der Waals surface area contributed by atoms with Crippen molar-refractivity contribution in [2.75, 3.05) is 0 Å². The highest BCUT2D eigenvalue weighted by atomic mass is 79.9. The van der Waals surface area contributed by atoms with Crippen molar-refractivity contribution in [2.24, 2.45) is 0 Å². The van der Waals surface area contributed by atoms with Crippen LogP contribution in [0.5, 0.6) is 0 Å². The third kappa shape index (κ3) is 1.53. The highest BCUT2D eigenvalue weighted by Crippen LogP contribution is 2.10. The van der Waals surface area contributed by atoms with Gasteiger partial charge >= 0.3 is 0 Å². The molecule has 0 N–H and O–H groups in total. The third-order valence-corrected chi connectivity index (χ3v) is 1.66. The van der Waals surface area contributed by atoms with Crippen LogP contribution in [0.1, 0.15) is 12.6 Å². The van der Waals surface area contributed by atoms with E-state index in [0.29, 0.717) is 16.7 Å². The van der Waals surface area contributed by atoms with Crippen molar-refractivity contribution < 1.29 is 4.39 Å². The van der Waals surface area contributed by atoms with Gasteiger partial charge in [0.05, 0.1) is 5.69 Å². The second kappa shape index (κ2) is 3.10. The second-order valence-electron chi connectivity index (χ2n) is 1.92. The Labute approximate surface area is 67.4 Å². The van der Waals surface area contributed by atoms with E-state index in [4.69, 9.17) is 0 Å². The van der Waals surface area contributed by atoms with Crippen molar-refractivity contribution in [1.82, 2.24) is 4.98 Å². The lowest BCUT2D eigenvalue weighted by Gasteiger charge is -1.96. The summed E-state index contributed by atoms with van der Waals surface area (Å²) in [5.41, 5.74) is 0.509. The van der Waals surface area contributed by atoms with Crippen LogP contribution in [0, 0.1) is 5.82 Å². The molecule has 0 saturated carbocycles. The van der Waals surface area contributed by atoms with Gasteiger partial charge in [0.15, 0.2) is 0 Å². The number of halogens is 2. The summed E-state index contributed by atoms with van der Waals surface area (Å²) in [4.78, 5) is 3.93. The molecule has 3 heteroatoms. The normalized spacial score (nSPS) is 9.90. The largest absolute Gasteiger partial charge is 0.243 e. The number of hydrogen-bond acceptors (Lipinski definition) is 1. The number of pyridine rings is 1. The zero-order valence-corrected chi connectivity index (χ0v) is 7.15. The Kier molecular flexibility index (Phi) is 2.38. The topological polar surface area (TPSA) is 12.9 Å². The number of nitrogens with zero attached hydrogens (tertiary/aromatic N) is 1. The van der Waals surface area contributed by atoms with Crippen molar-refractivity contribution in [3.05, 3.63) is 28.2 Å². The molecule has 1 nitrogen and oxygen atoms in total. The second-order valence-corrected chi connectivity index (χ2v) is 2.73. The first-order valence-electron chi connectivity index (χ1n) is 3.05. The molecule has 0 aliphatic carbocycles. The molecule has 0 fully saturated rings. The van der Waals surface area contributed by atoms with Crippen LogP contribution in [0.3, 0.4) is 0 Å². The van der Waals surface area contributed by atoms with Gasteiger partial charge in [0.2, 0.25) is 0 Å². The fourth-order valence-corrected chi connectivity index (χ4v) is 1.05. The maximum atomic E-state index is 12.7. The predicted molar refractivity (Wildman–Crippen MR) is 41.3 cm³/mol. The van der Waals surface area contributed by atoms with Gasteiger partial charge in [-0.1, -0.05) is 6.92 Å². The molecule has 0 amide bonds. The molecular formula is C7H7BrFN. The van der Waals surface area contributed by atoms with Crippen molar-refractivity contribution in [2.45, 2.75) is 13.3 Å². The third-order valence-electron chi connectivity index (χ3n) is 1.22. The van der Waals surface area contributed by atoms with E-state index in [2.05, 4.69) is 20.9 Å². The highest BCUT2D eigenvalue weighted by Gasteiger charge is 1.99. The van der Waals surface area contributed by atoms with Crippen molar-refractivity contribution in [1.29, 1.82) is 0 Å². The van der Waals surface area contributed by atoms with Crippen LogP contribution in [-0.2, 0) is 6.42 Å². The minimum Gasteiger partial charge on any atom is -0.243 e. The summed E-state index contributed by atoms with van der Waals surface area (Å²) in [5, 5.41) is 0. The fraction of sp³-hybridized carbons (Fsp3) is 0.286. The Hall–Kier alpha value is -0.440. The van der Waals surface area contributed by atoms with E-state index in [1.54, 1.807) is 6.07 Å². The maximum Gasteiger partial charge on any atom is 0.144 e. The van der Waals surface area contributed by atoms with Crippen LogP contribution in [0.25, 0.3) is 0 Å². The van der Waals surface area contributed by atoms with Gasteiger partial charge in [0.25, 0.3) is 0 Å². The predicted octanol–water partition coefficient (Wildman–Crippen LogP) is 2.55. The van der Waals surface area contributed by atoms with E-state index in [9.17, 15) is 4.39 Å². The van der Waals surface area contributed by atoms with E-state index in [1.165, 1.54) is 6.07 Å². The summed E-state index contributed by atoms with van der Waals surface area (Å²) in [6, 6.07) is 3.00. The zero-order chi connectivity index (χ0) is 7.56. The van der Waals surface area contributed by atoms with E-state index >= 15 is 0 Å². The fourth-order valence-electron chi connectivity index (χ4n) is 0.706. The summed E-state index contributed by atoms with van der Waals surface area (Å²) in [7, 11) is 0. The Bertz CT molecular complexity index is 237.